The number of nitrogens with zero attached hydrogens (tertiary/aromatic N) is 2. The molecule has 3 saturated heterocycles. The van der Waals surface area contributed by atoms with Crippen LogP contribution in [0.3, 0.4) is 0 Å². The summed E-state index contributed by atoms with van der Waals surface area (Å²) >= 11 is 0.832. The predicted molar refractivity (Wildman–Crippen MR) is 154 cm³/mol. The van der Waals surface area contributed by atoms with Crippen LogP contribution in [0.5, 0.6) is 0 Å². The molecule has 3 aliphatic rings. The topological polar surface area (TPSA) is 113 Å². The number of rotatable bonds is 6. The molecule has 9 nitrogen and oxygen atoms in total. The second kappa shape index (κ2) is 13.3. The zero-order valence-corrected chi connectivity index (χ0v) is 24.9. The van der Waals surface area contributed by atoms with E-state index in [0.29, 0.717) is 28.7 Å². The number of hydrogen-bond donors (Lipinski definition) is 4. The lowest BCUT2D eigenvalue weighted by molar-refractivity contribution is -0.0327. The predicted octanol–water partition coefficient (Wildman–Crippen LogP) is 6.10. The van der Waals surface area contributed by atoms with E-state index in [4.69, 9.17) is 9.26 Å². The van der Waals surface area contributed by atoms with Crippen molar-refractivity contribution in [3.63, 3.8) is 0 Å². The van der Waals surface area contributed by atoms with E-state index in [1.807, 2.05) is 0 Å². The van der Waals surface area contributed by atoms with Crippen molar-refractivity contribution in [2.45, 2.75) is 61.8 Å². The molecule has 0 saturated carbocycles. The van der Waals surface area contributed by atoms with Gasteiger partial charge < -0.3 is 30.5 Å². The molecule has 42 heavy (non-hydrogen) atoms. The molecule has 3 fully saturated rings. The molecule has 3 atom stereocenters. The molecule has 0 spiro atoms. The van der Waals surface area contributed by atoms with Gasteiger partial charge in [-0.2, -0.15) is 18.2 Å². The highest BCUT2D eigenvalue weighted by Crippen LogP contribution is 2.50. The molecule has 3 aliphatic heterocycles. The van der Waals surface area contributed by atoms with Crippen molar-refractivity contribution >= 4 is 44.9 Å². The minimum Gasteiger partial charge on any atom is -0.381 e. The first-order chi connectivity index (χ1) is 20.1. The van der Waals surface area contributed by atoms with Gasteiger partial charge in [0.25, 0.3) is 5.89 Å². The summed E-state index contributed by atoms with van der Waals surface area (Å²) in [7, 11) is 0. The summed E-state index contributed by atoms with van der Waals surface area (Å²) < 4.78 is 65.7. The van der Waals surface area contributed by atoms with Crippen molar-refractivity contribution in [3.05, 3.63) is 24.1 Å². The summed E-state index contributed by atoms with van der Waals surface area (Å²) in [6.07, 6.45) is 1.98. The molecule has 3 aromatic rings. The number of carbonyl (C=O) groups is 1. The average Bonchev–Trinajstić information content (AvgIpc) is 3.69. The van der Waals surface area contributed by atoms with Crippen molar-refractivity contribution in [3.8, 4) is 10.7 Å². The highest BCUT2D eigenvalue weighted by molar-refractivity contribution is 8.00. The number of alkyl halides is 4. The third-order valence-electron chi connectivity index (χ3n) is 7.56. The standard InChI is InChI=1S/C19H18F4N6O2S2.C8H16O/c20-9-6-24-5-4-10(9)26-11-3-1-2-8-13(11)32-15(14(8)33-19(21,22)23)16-28-17(31-29-16)12-7-25-18(30)27-12;1-7(2)8-3-5-9-6-4-8/h1-3,9-10,12,24,26H,4-7H2,(H2,25,27,30);7-8H,3-6H2,1-2H3. The van der Waals surface area contributed by atoms with E-state index in [9.17, 15) is 22.4 Å². The number of ether oxygens (including phenoxy) is 1. The zero-order valence-electron chi connectivity index (χ0n) is 23.2. The van der Waals surface area contributed by atoms with Crippen molar-refractivity contribution in [2.75, 3.05) is 38.2 Å². The molecule has 1 aromatic carbocycles. The van der Waals surface area contributed by atoms with Crippen molar-refractivity contribution in [2.24, 2.45) is 11.8 Å². The Kier molecular flexibility index (Phi) is 9.80. The summed E-state index contributed by atoms with van der Waals surface area (Å²) in [5.41, 5.74) is -3.99. The molecule has 0 bridgehead atoms. The van der Waals surface area contributed by atoms with Gasteiger partial charge in [0, 0.05) is 36.6 Å². The zero-order chi connectivity index (χ0) is 29.9. The summed E-state index contributed by atoms with van der Waals surface area (Å²) in [5.74, 6) is 1.88. The largest absolute Gasteiger partial charge is 0.446 e. The number of carbonyl (C=O) groups excluding carboxylic acids is 1. The number of benzene rings is 1. The van der Waals surface area contributed by atoms with Gasteiger partial charge in [-0.15, -0.1) is 11.3 Å². The first kappa shape index (κ1) is 30.8. The summed E-state index contributed by atoms with van der Waals surface area (Å²) in [4.78, 5) is 15.8. The number of thiophene rings is 1. The van der Waals surface area contributed by atoms with Crippen LogP contribution in [0.1, 0.15) is 45.0 Å². The van der Waals surface area contributed by atoms with Crippen molar-refractivity contribution < 1.29 is 31.6 Å². The maximum atomic E-state index is 14.3. The fraction of sp³-hybridized carbons (Fsp3) is 0.593. The monoisotopic (exact) mass is 630 g/mol. The van der Waals surface area contributed by atoms with Crippen LogP contribution in [0.15, 0.2) is 27.6 Å². The average molecular weight is 631 g/mol. The number of halogens is 4. The Morgan fingerprint density at radius 1 is 1.17 bits per heavy atom. The van der Waals surface area contributed by atoms with E-state index >= 15 is 0 Å². The van der Waals surface area contributed by atoms with Crippen molar-refractivity contribution in [1.82, 2.24) is 26.1 Å². The number of anilines is 1. The fourth-order valence-electron chi connectivity index (χ4n) is 5.21. The van der Waals surface area contributed by atoms with E-state index < -0.39 is 29.8 Å². The molecule has 230 valence electrons. The Labute approximate surface area is 248 Å². The number of nitrogens with one attached hydrogen (secondary N) is 4. The lowest BCUT2D eigenvalue weighted by atomic mass is 9.89. The van der Waals surface area contributed by atoms with E-state index in [-0.39, 0.29) is 46.3 Å². The number of fused-ring (bicyclic) bond motifs is 1. The van der Waals surface area contributed by atoms with Crippen LogP contribution < -0.4 is 21.3 Å². The number of aromatic nitrogens is 2. The molecule has 5 heterocycles. The minimum atomic E-state index is -4.54. The molecule has 0 aliphatic carbocycles. The first-order valence-electron chi connectivity index (χ1n) is 14.0. The SMILES string of the molecule is CC(C)C1CCOCC1.O=C1NCC(c2nc(-c3sc4c(NC5CCNCC5F)cccc4c3SC(F)(F)F)no2)N1. The lowest BCUT2D eigenvalue weighted by Crippen LogP contribution is -2.45. The summed E-state index contributed by atoms with van der Waals surface area (Å²) in [5, 5.41) is 15.5. The first-order valence-corrected chi connectivity index (χ1v) is 15.6. The molecular formula is C27H34F4N6O3S2. The number of thioether (sulfide) groups is 1. The number of amides is 2. The Bertz CT molecular complexity index is 1360. The van der Waals surface area contributed by atoms with Gasteiger partial charge in [0.15, 0.2) is 0 Å². The highest BCUT2D eigenvalue weighted by Gasteiger charge is 2.35. The van der Waals surface area contributed by atoms with Crippen molar-refractivity contribution in [1.29, 1.82) is 0 Å². The Hall–Kier alpha value is -2.62. The van der Waals surface area contributed by atoms with E-state index in [1.165, 1.54) is 12.8 Å². The molecule has 0 radical (unpaired) electrons. The Morgan fingerprint density at radius 3 is 2.60 bits per heavy atom. The third kappa shape index (κ3) is 7.47. The van der Waals surface area contributed by atoms with Gasteiger partial charge in [0.05, 0.1) is 21.3 Å². The van der Waals surface area contributed by atoms with Crippen LogP contribution in [-0.4, -0.2) is 66.7 Å². The smallest absolute Gasteiger partial charge is 0.381 e. The number of hydrogen-bond acceptors (Lipinski definition) is 9. The Morgan fingerprint density at radius 2 is 1.95 bits per heavy atom. The van der Waals surface area contributed by atoms with Crippen LogP contribution >= 0.6 is 23.1 Å². The van der Waals surface area contributed by atoms with Gasteiger partial charge in [0.1, 0.15) is 12.2 Å². The van der Waals surface area contributed by atoms with Crippen LogP contribution in [0.2, 0.25) is 0 Å². The van der Waals surface area contributed by atoms with E-state index in [1.54, 1.807) is 18.2 Å². The Balaban J connectivity index is 0.000000336. The molecule has 4 N–H and O–H groups in total. The minimum absolute atomic E-state index is 0.00437. The van der Waals surface area contributed by atoms with Gasteiger partial charge in [0.2, 0.25) is 5.82 Å². The molecule has 15 heteroatoms. The van der Waals surface area contributed by atoms with E-state index in [0.717, 1.165) is 36.4 Å². The fourth-order valence-corrected chi connectivity index (χ4v) is 7.32. The number of urea groups is 1. The van der Waals surface area contributed by atoms with Crippen LogP contribution in [0, 0.1) is 11.8 Å². The van der Waals surface area contributed by atoms with Gasteiger partial charge in [-0.05, 0) is 55.5 Å². The quantitative estimate of drug-likeness (QED) is 0.191. The van der Waals surface area contributed by atoms with Gasteiger partial charge in [-0.1, -0.05) is 31.1 Å². The molecule has 6 rings (SSSR count). The molecule has 3 unspecified atom stereocenters. The van der Waals surface area contributed by atoms with Crippen LogP contribution in [0.4, 0.5) is 28.0 Å². The van der Waals surface area contributed by atoms with Gasteiger partial charge >= 0.3 is 11.5 Å². The second-order valence-electron chi connectivity index (χ2n) is 10.8. The maximum absolute atomic E-state index is 14.3. The lowest BCUT2D eigenvalue weighted by Gasteiger charge is -2.28. The summed E-state index contributed by atoms with van der Waals surface area (Å²) in [6.45, 7) is 7.68. The molecule has 2 aromatic heterocycles. The van der Waals surface area contributed by atoms with E-state index in [2.05, 4.69) is 45.3 Å². The second-order valence-corrected chi connectivity index (χ2v) is 12.9. The third-order valence-corrected chi connectivity index (χ3v) is 9.78. The normalized spacial score (nSPS) is 23.4. The van der Waals surface area contributed by atoms with Crippen LogP contribution in [-0.2, 0) is 4.74 Å². The summed E-state index contributed by atoms with van der Waals surface area (Å²) in [6, 6.07) is 3.54. The number of piperidine rings is 1. The molecular weight excluding hydrogens is 596 g/mol. The van der Waals surface area contributed by atoms with Gasteiger partial charge in [-0.3, -0.25) is 0 Å². The van der Waals surface area contributed by atoms with Crippen LogP contribution in [0.25, 0.3) is 20.8 Å². The van der Waals surface area contributed by atoms with Gasteiger partial charge in [-0.25, -0.2) is 9.18 Å². The molecule has 2 amide bonds. The highest BCUT2D eigenvalue weighted by atomic mass is 32.2. The maximum Gasteiger partial charge on any atom is 0.446 e.